The van der Waals surface area contributed by atoms with Gasteiger partial charge in [-0.25, -0.2) is 0 Å². The number of rotatable bonds is 3. The Morgan fingerprint density at radius 2 is 1.83 bits per heavy atom. The van der Waals surface area contributed by atoms with Crippen LogP contribution in [-0.4, -0.2) is 17.9 Å². The van der Waals surface area contributed by atoms with Gasteiger partial charge in [-0.1, -0.05) is 6.42 Å². The van der Waals surface area contributed by atoms with Crippen molar-refractivity contribution in [1.82, 2.24) is 0 Å². The number of halogens is 3. The molecule has 0 radical (unpaired) electrons. The molecule has 12 heavy (non-hydrogen) atoms. The molecule has 0 aromatic carbocycles. The topological polar surface area (TPSA) is 20.2 Å². The molecule has 0 bridgehead atoms. The first-order valence-electron chi connectivity index (χ1n) is 4.15. The fraction of sp³-hybridized carbons (Fsp3) is 1.00. The van der Waals surface area contributed by atoms with Crippen LogP contribution in [0.25, 0.3) is 0 Å². The smallest absolute Gasteiger partial charge is 0.389 e. The van der Waals surface area contributed by atoms with E-state index in [9.17, 15) is 13.2 Å². The van der Waals surface area contributed by atoms with E-state index in [1.165, 1.54) is 0 Å². The monoisotopic (exact) mass is 182 g/mol. The zero-order chi connectivity index (χ0) is 9.24. The third-order valence-electron chi connectivity index (χ3n) is 2.69. The van der Waals surface area contributed by atoms with Crippen LogP contribution in [0.15, 0.2) is 0 Å². The summed E-state index contributed by atoms with van der Waals surface area (Å²) in [6.45, 7) is -0.0942. The first-order chi connectivity index (χ1) is 5.47. The van der Waals surface area contributed by atoms with Crippen LogP contribution in [0.4, 0.5) is 13.2 Å². The van der Waals surface area contributed by atoms with Crippen LogP contribution in [0.2, 0.25) is 0 Å². The van der Waals surface area contributed by atoms with Gasteiger partial charge in [-0.05, 0) is 24.7 Å². The SMILES string of the molecule is OCC1(CCC(F)(F)F)CCC1. The summed E-state index contributed by atoms with van der Waals surface area (Å²) < 4.78 is 35.4. The average Bonchev–Trinajstić information content (AvgIpc) is 1.84. The minimum absolute atomic E-state index is 0.0903. The van der Waals surface area contributed by atoms with Crippen LogP contribution in [0.3, 0.4) is 0 Å². The van der Waals surface area contributed by atoms with Gasteiger partial charge in [-0.15, -0.1) is 0 Å². The molecule has 0 saturated heterocycles. The summed E-state index contributed by atoms with van der Waals surface area (Å²) in [6, 6.07) is 0. The highest BCUT2D eigenvalue weighted by atomic mass is 19.4. The summed E-state index contributed by atoms with van der Waals surface area (Å²) in [5, 5.41) is 8.87. The highest BCUT2D eigenvalue weighted by molar-refractivity contribution is 4.87. The third kappa shape index (κ3) is 2.37. The molecule has 0 aliphatic heterocycles. The van der Waals surface area contributed by atoms with E-state index >= 15 is 0 Å². The maximum absolute atomic E-state index is 11.8. The minimum atomic E-state index is -4.07. The van der Waals surface area contributed by atoms with E-state index in [1.807, 2.05) is 0 Å². The van der Waals surface area contributed by atoms with Crippen LogP contribution >= 0.6 is 0 Å². The molecular weight excluding hydrogens is 169 g/mol. The second kappa shape index (κ2) is 3.24. The van der Waals surface area contributed by atoms with Crippen LogP contribution in [-0.2, 0) is 0 Å². The molecule has 1 aliphatic carbocycles. The molecule has 4 heteroatoms. The molecule has 1 fully saturated rings. The van der Waals surface area contributed by atoms with E-state index in [2.05, 4.69) is 0 Å². The van der Waals surface area contributed by atoms with Crippen molar-refractivity contribution in [3.05, 3.63) is 0 Å². The highest BCUT2D eigenvalue weighted by Crippen LogP contribution is 2.45. The molecule has 72 valence electrons. The van der Waals surface area contributed by atoms with Gasteiger partial charge in [0.25, 0.3) is 0 Å². The lowest BCUT2D eigenvalue weighted by Gasteiger charge is -2.40. The molecule has 0 amide bonds. The normalized spacial score (nSPS) is 22.0. The molecule has 0 atom stereocenters. The van der Waals surface area contributed by atoms with E-state index in [4.69, 9.17) is 5.11 Å². The average molecular weight is 182 g/mol. The first kappa shape index (κ1) is 9.84. The van der Waals surface area contributed by atoms with Crippen LogP contribution in [0, 0.1) is 5.41 Å². The van der Waals surface area contributed by atoms with Crippen molar-refractivity contribution < 1.29 is 18.3 Å². The van der Waals surface area contributed by atoms with Crippen molar-refractivity contribution in [3.63, 3.8) is 0 Å². The van der Waals surface area contributed by atoms with Gasteiger partial charge in [-0.2, -0.15) is 13.2 Å². The van der Waals surface area contributed by atoms with Crippen molar-refractivity contribution in [2.24, 2.45) is 5.41 Å². The Morgan fingerprint density at radius 1 is 1.25 bits per heavy atom. The second-order valence-corrected chi connectivity index (χ2v) is 3.63. The quantitative estimate of drug-likeness (QED) is 0.710. The summed E-state index contributed by atoms with van der Waals surface area (Å²) in [4.78, 5) is 0. The summed E-state index contributed by atoms with van der Waals surface area (Å²) >= 11 is 0. The van der Waals surface area contributed by atoms with Crippen molar-refractivity contribution in [3.8, 4) is 0 Å². The first-order valence-corrected chi connectivity index (χ1v) is 4.15. The standard InChI is InChI=1S/C8H13F3O/c9-8(10,11)5-4-7(6-12)2-1-3-7/h12H,1-6H2. The number of hydrogen-bond acceptors (Lipinski definition) is 1. The Hall–Kier alpha value is -0.250. The minimum Gasteiger partial charge on any atom is -0.396 e. The van der Waals surface area contributed by atoms with Crippen LogP contribution in [0.5, 0.6) is 0 Å². The molecule has 1 aliphatic rings. The molecule has 1 rings (SSSR count). The maximum Gasteiger partial charge on any atom is 0.389 e. The van der Waals surface area contributed by atoms with E-state index in [1.54, 1.807) is 0 Å². The van der Waals surface area contributed by atoms with E-state index in [0.29, 0.717) is 0 Å². The van der Waals surface area contributed by atoms with E-state index in [-0.39, 0.29) is 13.0 Å². The zero-order valence-corrected chi connectivity index (χ0v) is 6.82. The van der Waals surface area contributed by atoms with Gasteiger partial charge in [0.05, 0.1) is 0 Å². The zero-order valence-electron chi connectivity index (χ0n) is 6.82. The molecule has 0 unspecified atom stereocenters. The number of aliphatic hydroxyl groups is 1. The van der Waals surface area contributed by atoms with Gasteiger partial charge in [0.2, 0.25) is 0 Å². The molecule has 1 N–H and O–H groups in total. The maximum atomic E-state index is 11.8. The van der Waals surface area contributed by atoms with Gasteiger partial charge in [0.15, 0.2) is 0 Å². The molecule has 1 nitrogen and oxygen atoms in total. The Bertz CT molecular complexity index is 143. The molecular formula is C8H13F3O. The fourth-order valence-electron chi connectivity index (χ4n) is 1.57. The lowest BCUT2D eigenvalue weighted by atomic mass is 9.67. The molecule has 0 aromatic heterocycles. The highest BCUT2D eigenvalue weighted by Gasteiger charge is 2.39. The van der Waals surface area contributed by atoms with Crippen molar-refractivity contribution in [1.29, 1.82) is 0 Å². The van der Waals surface area contributed by atoms with Crippen LogP contribution < -0.4 is 0 Å². The Balaban J connectivity index is 2.30. The van der Waals surface area contributed by atoms with Gasteiger partial charge in [0.1, 0.15) is 0 Å². The Morgan fingerprint density at radius 3 is 2.08 bits per heavy atom. The van der Waals surface area contributed by atoms with Gasteiger partial charge >= 0.3 is 6.18 Å². The lowest BCUT2D eigenvalue weighted by Crippen LogP contribution is -2.34. The van der Waals surface area contributed by atoms with Crippen molar-refractivity contribution in [2.45, 2.75) is 38.3 Å². The van der Waals surface area contributed by atoms with Gasteiger partial charge in [-0.3, -0.25) is 0 Å². The molecule has 0 spiro atoms. The Kier molecular flexibility index (Phi) is 2.66. The predicted molar refractivity (Wildman–Crippen MR) is 38.7 cm³/mol. The summed E-state index contributed by atoms with van der Waals surface area (Å²) in [5.41, 5.74) is -0.393. The van der Waals surface area contributed by atoms with Crippen molar-refractivity contribution >= 4 is 0 Å². The van der Waals surface area contributed by atoms with Crippen molar-refractivity contribution in [2.75, 3.05) is 6.61 Å². The lowest BCUT2D eigenvalue weighted by molar-refractivity contribution is -0.146. The number of aliphatic hydroxyl groups excluding tert-OH is 1. The molecule has 0 aromatic rings. The third-order valence-corrected chi connectivity index (χ3v) is 2.69. The molecule has 0 heterocycles. The van der Waals surface area contributed by atoms with Crippen LogP contribution in [0.1, 0.15) is 32.1 Å². The fourth-order valence-corrected chi connectivity index (χ4v) is 1.57. The summed E-state index contributed by atoms with van der Waals surface area (Å²) in [7, 11) is 0. The summed E-state index contributed by atoms with van der Waals surface area (Å²) in [5.74, 6) is 0. The largest absolute Gasteiger partial charge is 0.396 e. The molecule has 1 saturated carbocycles. The van der Waals surface area contributed by atoms with Gasteiger partial charge in [0, 0.05) is 13.0 Å². The summed E-state index contributed by atoms with van der Waals surface area (Å²) in [6.07, 6.45) is -2.28. The number of alkyl halides is 3. The predicted octanol–water partition coefficient (Wildman–Crippen LogP) is 2.49. The van der Waals surface area contributed by atoms with Gasteiger partial charge < -0.3 is 5.11 Å². The second-order valence-electron chi connectivity index (χ2n) is 3.63. The Labute approximate surface area is 69.6 Å². The number of hydrogen-bond donors (Lipinski definition) is 1. The van der Waals surface area contributed by atoms with E-state index in [0.717, 1.165) is 19.3 Å². The van der Waals surface area contributed by atoms with E-state index < -0.39 is 18.0 Å².